The molecule has 1 heterocycles. The van der Waals surface area contributed by atoms with Gasteiger partial charge in [-0.15, -0.1) is 11.3 Å². The Labute approximate surface area is 120 Å². The van der Waals surface area contributed by atoms with Crippen LogP contribution in [0.3, 0.4) is 0 Å². The molecule has 0 radical (unpaired) electrons. The van der Waals surface area contributed by atoms with Gasteiger partial charge in [-0.05, 0) is 63.0 Å². The van der Waals surface area contributed by atoms with Crippen LogP contribution in [-0.2, 0) is 12.8 Å². The maximum atomic E-state index is 5.86. The maximum absolute atomic E-state index is 5.86. The van der Waals surface area contributed by atoms with Crippen LogP contribution in [0.25, 0.3) is 0 Å². The quantitative estimate of drug-likeness (QED) is 0.497. The highest BCUT2D eigenvalue weighted by atomic mass is 32.1. The molecule has 2 nitrogen and oxygen atoms in total. The van der Waals surface area contributed by atoms with Crippen LogP contribution in [0.15, 0.2) is 17.7 Å². The predicted octanol–water partition coefficient (Wildman–Crippen LogP) is 4.02. The van der Waals surface area contributed by atoms with Gasteiger partial charge in [-0.3, -0.25) is 5.84 Å². The van der Waals surface area contributed by atoms with Gasteiger partial charge in [-0.1, -0.05) is 18.1 Å². The van der Waals surface area contributed by atoms with Gasteiger partial charge in [0.25, 0.3) is 0 Å². The third-order valence-electron chi connectivity index (χ3n) is 4.41. The Kier molecular flexibility index (Phi) is 4.36. The Morgan fingerprint density at radius 2 is 1.89 bits per heavy atom. The lowest BCUT2D eigenvalue weighted by Crippen LogP contribution is -2.28. The molecule has 0 saturated carbocycles. The number of hydrazine groups is 1. The summed E-state index contributed by atoms with van der Waals surface area (Å²) in [4.78, 5) is 3.04. The molecule has 19 heavy (non-hydrogen) atoms. The Hall–Kier alpha value is -0.640. The third-order valence-corrected chi connectivity index (χ3v) is 5.72. The van der Waals surface area contributed by atoms with Crippen LogP contribution in [-0.4, -0.2) is 0 Å². The molecule has 0 saturated heterocycles. The van der Waals surface area contributed by atoms with E-state index in [1.807, 2.05) is 11.3 Å². The molecule has 0 aromatic carbocycles. The van der Waals surface area contributed by atoms with Crippen LogP contribution in [0.4, 0.5) is 0 Å². The molecule has 3 heteroatoms. The van der Waals surface area contributed by atoms with E-state index < -0.39 is 0 Å². The Morgan fingerprint density at radius 3 is 2.74 bits per heavy atom. The molecule has 3 N–H and O–H groups in total. The van der Waals surface area contributed by atoms with Crippen LogP contribution in [0, 0.1) is 0 Å². The van der Waals surface area contributed by atoms with Crippen molar-refractivity contribution in [1.29, 1.82) is 0 Å². The van der Waals surface area contributed by atoms with Gasteiger partial charge in [0.1, 0.15) is 0 Å². The lowest BCUT2D eigenvalue weighted by Gasteiger charge is -2.17. The van der Waals surface area contributed by atoms with Crippen LogP contribution >= 0.6 is 11.3 Å². The average Bonchev–Trinajstić information content (AvgIpc) is 2.67. The minimum absolute atomic E-state index is 0.258. The number of nitrogens with one attached hydrogen (secondary N) is 1. The largest absolute Gasteiger partial charge is 0.271 e. The summed E-state index contributed by atoms with van der Waals surface area (Å²) >= 11 is 1.99. The standard InChI is InChI=1S/C16H24N2S/c17-18-16(12-7-3-1-2-4-8-12)15-11-13-9-5-6-10-14(13)19-15/h7,11,16,18H,1-6,8-10,17H2. The zero-order valence-corrected chi connectivity index (χ0v) is 12.4. The summed E-state index contributed by atoms with van der Waals surface area (Å²) in [5.74, 6) is 5.86. The Bertz CT molecular complexity index is 438. The fraction of sp³-hybridized carbons (Fsp3) is 0.625. The molecule has 2 aliphatic carbocycles. The molecule has 1 aromatic rings. The minimum atomic E-state index is 0.258. The lowest BCUT2D eigenvalue weighted by atomic mass is 9.97. The zero-order chi connectivity index (χ0) is 13.1. The van der Waals surface area contributed by atoms with E-state index in [1.54, 1.807) is 10.4 Å². The lowest BCUT2D eigenvalue weighted by molar-refractivity contribution is 0.600. The molecular formula is C16H24N2S. The maximum Gasteiger partial charge on any atom is 0.0762 e. The van der Waals surface area contributed by atoms with E-state index in [0.717, 1.165) is 0 Å². The highest BCUT2D eigenvalue weighted by molar-refractivity contribution is 7.12. The van der Waals surface area contributed by atoms with Crippen molar-refractivity contribution in [3.05, 3.63) is 33.0 Å². The average molecular weight is 276 g/mol. The van der Waals surface area contributed by atoms with Crippen molar-refractivity contribution in [2.45, 2.75) is 63.8 Å². The summed E-state index contributed by atoms with van der Waals surface area (Å²) in [6, 6.07) is 2.67. The van der Waals surface area contributed by atoms with Gasteiger partial charge in [-0.25, -0.2) is 5.43 Å². The van der Waals surface area contributed by atoms with Crippen molar-refractivity contribution in [3.8, 4) is 0 Å². The van der Waals surface area contributed by atoms with E-state index in [9.17, 15) is 0 Å². The van der Waals surface area contributed by atoms with Gasteiger partial charge in [0, 0.05) is 9.75 Å². The van der Waals surface area contributed by atoms with Crippen molar-refractivity contribution >= 4 is 11.3 Å². The SMILES string of the molecule is NNC(C1=CCCCCC1)c1cc2c(s1)CCCC2. The molecule has 1 unspecified atom stereocenters. The van der Waals surface area contributed by atoms with Crippen molar-refractivity contribution in [1.82, 2.24) is 5.43 Å². The number of thiophene rings is 1. The monoisotopic (exact) mass is 276 g/mol. The van der Waals surface area contributed by atoms with Gasteiger partial charge < -0.3 is 0 Å². The van der Waals surface area contributed by atoms with E-state index in [-0.39, 0.29) is 6.04 Å². The van der Waals surface area contributed by atoms with Gasteiger partial charge in [0.05, 0.1) is 6.04 Å². The van der Waals surface area contributed by atoms with Gasteiger partial charge in [0.15, 0.2) is 0 Å². The number of nitrogens with two attached hydrogens (primary N) is 1. The Morgan fingerprint density at radius 1 is 1.05 bits per heavy atom. The van der Waals surface area contributed by atoms with Gasteiger partial charge >= 0.3 is 0 Å². The number of fused-ring (bicyclic) bond motifs is 1. The molecule has 0 bridgehead atoms. The summed E-state index contributed by atoms with van der Waals surface area (Å²) in [7, 11) is 0. The van der Waals surface area contributed by atoms with E-state index >= 15 is 0 Å². The smallest absolute Gasteiger partial charge is 0.0762 e. The number of hydrogen-bond acceptors (Lipinski definition) is 3. The van der Waals surface area contributed by atoms with Crippen LogP contribution in [0.5, 0.6) is 0 Å². The van der Waals surface area contributed by atoms with Gasteiger partial charge in [-0.2, -0.15) is 0 Å². The first-order valence-electron chi connectivity index (χ1n) is 7.65. The molecular weight excluding hydrogens is 252 g/mol. The first kappa shape index (κ1) is 13.3. The second kappa shape index (κ2) is 6.21. The molecule has 0 fully saturated rings. The summed E-state index contributed by atoms with van der Waals surface area (Å²) < 4.78 is 0. The molecule has 1 atom stereocenters. The minimum Gasteiger partial charge on any atom is -0.271 e. The highest BCUT2D eigenvalue weighted by Gasteiger charge is 2.21. The van der Waals surface area contributed by atoms with E-state index in [0.29, 0.717) is 0 Å². The second-order valence-electron chi connectivity index (χ2n) is 5.78. The van der Waals surface area contributed by atoms with E-state index in [2.05, 4.69) is 17.6 Å². The molecule has 2 aliphatic rings. The molecule has 0 aliphatic heterocycles. The van der Waals surface area contributed by atoms with E-state index in [1.165, 1.54) is 68.2 Å². The summed E-state index contributed by atoms with van der Waals surface area (Å²) in [5, 5.41) is 0. The van der Waals surface area contributed by atoms with Crippen molar-refractivity contribution < 1.29 is 0 Å². The van der Waals surface area contributed by atoms with Crippen LogP contribution in [0.1, 0.15) is 66.3 Å². The topological polar surface area (TPSA) is 38.0 Å². The summed E-state index contributed by atoms with van der Waals surface area (Å²) in [5.41, 5.74) is 6.16. The fourth-order valence-corrected chi connectivity index (χ4v) is 4.69. The number of hydrogen-bond donors (Lipinski definition) is 2. The molecule has 104 valence electrons. The first-order valence-corrected chi connectivity index (χ1v) is 8.46. The van der Waals surface area contributed by atoms with Crippen molar-refractivity contribution in [2.24, 2.45) is 5.84 Å². The van der Waals surface area contributed by atoms with Crippen LogP contribution in [0.2, 0.25) is 0 Å². The fourth-order valence-electron chi connectivity index (χ4n) is 3.33. The summed E-state index contributed by atoms with van der Waals surface area (Å²) in [6.07, 6.45) is 14.1. The molecule has 1 aromatic heterocycles. The van der Waals surface area contributed by atoms with Crippen LogP contribution < -0.4 is 11.3 Å². The molecule has 0 amide bonds. The third kappa shape index (κ3) is 2.93. The highest BCUT2D eigenvalue weighted by Crippen LogP contribution is 2.37. The molecule has 0 spiro atoms. The Balaban J connectivity index is 1.84. The number of rotatable bonds is 3. The zero-order valence-electron chi connectivity index (χ0n) is 11.6. The number of aryl methyl sites for hydroxylation is 2. The number of allylic oxidation sites excluding steroid dienone is 1. The van der Waals surface area contributed by atoms with Gasteiger partial charge in [0.2, 0.25) is 0 Å². The van der Waals surface area contributed by atoms with Crippen molar-refractivity contribution in [2.75, 3.05) is 0 Å². The van der Waals surface area contributed by atoms with E-state index in [4.69, 9.17) is 5.84 Å². The summed E-state index contributed by atoms with van der Waals surface area (Å²) in [6.45, 7) is 0. The second-order valence-corrected chi connectivity index (χ2v) is 6.95. The first-order chi connectivity index (χ1) is 9.38. The van der Waals surface area contributed by atoms with Crippen molar-refractivity contribution in [3.63, 3.8) is 0 Å². The normalized spacial score (nSPS) is 21.4. The molecule has 3 rings (SSSR count). The predicted molar refractivity (Wildman–Crippen MR) is 82.2 cm³/mol.